The zero-order valence-corrected chi connectivity index (χ0v) is 9.16. The van der Waals surface area contributed by atoms with Crippen molar-refractivity contribution in [3.63, 3.8) is 0 Å². The molecule has 1 atom stereocenters. The molecule has 2 N–H and O–H groups in total. The monoisotopic (exact) mass is 207 g/mol. The van der Waals surface area contributed by atoms with Gasteiger partial charge in [0, 0.05) is 12.6 Å². The third-order valence-electron chi connectivity index (χ3n) is 2.10. The molecule has 0 radical (unpaired) electrons. The lowest BCUT2D eigenvalue weighted by Crippen LogP contribution is -2.06. The Morgan fingerprint density at radius 1 is 1.53 bits per heavy atom. The molecule has 0 spiro atoms. The van der Waals surface area contributed by atoms with Crippen molar-refractivity contribution in [2.45, 2.75) is 32.8 Å². The van der Waals surface area contributed by atoms with E-state index in [1.165, 1.54) is 6.92 Å². The van der Waals surface area contributed by atoms with Crippen LogP contribution >= 0.6 is 0 Å². The van der Waals surface area contributed by atoms with E-state index in [0.717, 1.165) is 24.1 Å². The highest BCUT2D eigenvalue weighted by molar-refractivity contribution is 5.88. The van der Waals surface area contributed by atoms with Crippen LogP contribution in [0.5, 0.6) is 0 Å². The molecule has 0 aliphatic heterocycles. The summed E-state index contributed by atoms with van der Waals surface area (Å²) in [7, 11) is 0. The molecule has 0 bridgehead atoms. The van der Waals surface area contributed by atoms with Crippen molar-refractivity contribution in [3.8, 4) is 0 Å². The van der Waals surface area contributed by atoms with E-state index in [2.05, 4.69) is 5.32 Å². The van der Waals surface area contributed by atoms with Crippen LogP contribution in [0.1, 0.15) is 25.8 Å². The average Bonchev–Trinajstić information content (AvgIpc) is 2.14. The SMILES string of the molecule is CC(=O)Nc1cccc(CC[C@H](C)O)c1. The largest absolute Gasteiger partial charge is 0.393 e. The molecule has 0 unspecified atom stereocenters. The fourth-order valence-corrected chi connectivity index (χ4v) is 1.38. The molecular formula is C12H17NO2. The van der Waals surface area contributed by atoms with E-state index in [9.17, 15) is 4.79 Å². The molecule has 0 saturated carbocycles. The van der Waals surface area contributed by atoms with Gasteiger partial charge >= 0.3 is 0 Å². The molecule has 0 saturated heterocycles. The molecule has 0 aromatic heterocycles. The van der Waals surface area contributed by atoms with Crippen molar-refractivity contribution < 1.29 is 9.90 Å². The molecule has 1 aromatic carbocycles. The van der Waals surface area contributed by atoms with Crippen LogP contribution in [0.15, 0.2) is 24.3 Å². The number of rotatable bonds is 4. The summed E-state index contributed by atoms with van der Waals surface area (Å²) in [6, 6.07) is 7.69. The first kappa shape index (κ1) is 11.7. The standard InChI is InChI=1S/C12H17NO2/c1-9(14)6-7-11-4-3-5-12(8-11)13-10(2)15/h3-5,8-9,14H,6-7H2,1-2H3,(H,13,15)/t9-/m0/s1. The lowest BCUT2D eigenvalue weighted by atomic mass is 10.1. The molecule has 0 fully saturated rings. The van der Waals surface area contributed by atoms with E-state index in [0.29, 0.717) is 0 Å². The van der Waals surface area contributed by atoms with Crippen LogP contribution in [0, 0.1) is 0 Å². The number of benzene rings is 1. The maximum atomic E-state index is 10.8. The second-order valence-corrected chi connectivity index (χ2v) is 3.77. The highest BCUT2D eigenvalue weighted by Gasteiger charge is 2.00. The maximum absolute atomic E-state index is 10.8. The van der Waals surface area contributed by atoms with Gasteiger partial charge in [0.05, 0.1) is 6.10 Å². The molecule has 1 amide bonds. The quantitative estimate of drug-likeness (QED) is 0.793. The predicted octanol–water partition coefficient (Wildman–Crippen LogP) is 1.96. The van der Waals surface area contributed by atoms with E-state index >= 15 is 0 Å². The molecule has 15 heavy (non-hydrogen) atoms. The minimum Gasteiger partial charge on any atom is -0.393 e. The van der Waals surface area contributed by atoms with Crippen molar-refractivity contribution in [3.05, 3.63) is 29.8 Å². The Kier molecular flexibility index (Phi) is 4.31. The van der Waals surface area contributed by atoms with Gasteiger partial charge in [-0.05, 0) is 37.5 Å². The number of hydrogen-bond acceptors (Lipinski definition) is 2. The van der Waals surface area contributed by atoms with Gasteiger partial charge < -0.3 is 10.4 Å². The normalized spacial score (nSPS) is 12.2. The summed E-state index contributed by atoms with van der Waals surface area (Å²) in [5.41, 5.74) is 1.94. The van der Waals surface area contributed by atoms with E-state index in [4.69, 9.17) is 5.11 Å². The van der Waals surface area contributed by atoms with Crippen LogP contribution < -0.4 is 5.32 Å². The number of amides is 1. The molecule has 1 aromatic rings. The maximum Gasteiger partial charge on any atom is 0.221 e. The molecular weight excluding hydrogens is 190 g/mol. The van der Waals surface area contributed by atoms with Gasteiger partial charge in [-0.15, -0.1) is 0 Å². The first-order chi connectivity index (χ1) is 7.08. The minimum absolute atomic E-state index is 0.0670. The number of anilines is 1. The Bertz CT molecular complexity index is 334. The van der Waals surface area contributed by atoms with Crippen LogP contribution in [0.4, 0.5) is 5.69 Å². The van der Waals surface area contributed by atoms with Crippen LogP contribution in [-0.4, -0.2) is 17.1 Å². The number of aliphatic hydroxyl groups is 1. The van der Waals surface area contributed by atoms with Gasteiger partial charge in [-0.3, -0.25) is 4.79 Å². The Balaban J connectivity index is 2.61. The summed E-state index contributed by atoms with van der Waals surface area (Å²) in [5, 5.41) is 11.9. The van der Waals surface area contributed by atoms with Crippen LogP contribution in [0.25, 0.3) is 0 Å². The fraction of sp³-hybridized carbons (Fsp3) is 0.417. The van der Waals surface area contributed by atoms with Crippen molar-refractivity contribution in [2.24, 2.45) is 0 Å². The van der Waals surface area contributed by atoms with Crippen LogP contribution in [0.2, 0.25) is 0 Å². The van der Waals surface area contributed by atoms with Gasteiger partial charge in [-0.1, -0.05) is 12.1 Å². The average molecular weight is 207 g/mol. The summed E-state index contributed by atoms with van der Waals surface area (Å²) in [6.45, 7) is 3.26. The molecule has 0 aliphatic carbocycles. The topological polar surface area (TPSA) is 49.3 Å². The Hall–Kier alpha value is -1.35. The third-order valence-corrected chi connectivity index (χ3v) is 2.10. The number of hydrogen-bond donors (Lipinski definition) is 2. The van der Waals surface area contributed by atoms with E-state index in [-0.39, 0.29) is 12.0 Å². The van der Waals surface area contributed by atoms with E-state index in [1.807, 2.05) is 24.3 Å². The Morgan fingerprint density at radius 3 is 2.87 bits per heavy atom. The molecule has 0 aliphatic rings. The highest BCUT2D eigenvalue weighted by Crippen LogP contribution is 2.12. The van der Waals surface area contributed by atoms with Gasteiger partial charge in [0.15, 0.2) is 0 Å². The van der Waals surface area contributed by atoms with Crippen molar-refractivity contribution >= 4 is 11.6 Å². The van der Waals surface area contributed by atoms with Gasteiger partial charge in [-0.2, -0.15) is 0 Å². The minimum atomic E-state index is -0.283. The third kappa shape index (κ3) is 4.61. The Morgan fingerprint density at radius 2 is 2.27 bits per heavy atom. The second-order valence-electron chi connectivity index (χ2n) is 3.77. The smallest absolute Gasteiger partial charge is 0.221 e. The summed E-state index contributed by atoms with van der Waals surface area (Å²) < 4.78 is 0. The van der Waals surface area contributed by atoms with Gasteiger partial charge in [0.25, 0.3) is 0 Å². The first-order valence-electron chi connectivity index (χ1n) is 5.12. The summed E-state index contributed by atoms with van der Waals surface area (Å²) in [4.78, 5) is 10.8. The number of carbonyl (C=O) groups is 1. The zero-order chi connectivity index (χ0) is 11.3. The van der Waals surface area contributed by atoms with Crippen molar-refractivity contribution in [1.82, 2.24) is 0 Å². The summed E-state index contributed by atoms with van der Waals surface area (Å²) in [6.07, 6.45) is 1.28. The number of nitrogens with one attached hydrogen (secondary N) is 1. The summed E-state index contributed by atoms with van der Waals surface area (Å²) in [5.74, 6) is -0.0670. The summed E-state index contributed by atoms with van der Waals surface area (Å²) >= 11 is 0. The molecule has 82 valence electrons. The molecule has 1 rings (SSSR count). The second kappa shape index (κ2) is 5.51. The molecule has 0 heterocycles. The number of carbonyl (C=O) groups excluding carboxylic acids is 1. The van der Waals surface area contributed by atoms with Gasteiger partial charge in [-0.25, -0.2) is 0 Å². The van der Waals surface area contributed by atoms with E-state index in [1.54, 1.807) is 6.92 Å². The zero-order valence-electron chi connectivity index (χ0n) is 9.16. The van der Waals surface area contributed by atoms with Crippen LogP contribution in [-0.2, 0) is 11.2 Å². The Labute approximate surface area is 90.1 Å². The first-order valence-corrected chi connectivity index (χ1v) is 5.12. The fourth-order valence-electron chi connectivity index (χ4n) is 1.38. The lowest BCUT2D eigenvalue weighted by molar-refractivity contribution is -0.114. The lowest BCUT2D eigenvalue weighted by Gasteiger charge is -2.07. The predicted molar refractivity (Wildman–Crippen MR) is 60.7 cm³/mol. The van der Waals surface area contributed by atoms with Gasteiger partial charge in [0.1, 0.15) is 0 Å². The molecule has 3 nitrogen and oxygen atoms in total. The number of aryl methyl sites for hydroxylation is 1. The molecule has 3 heteroatoms. The number of aliphatic hydroxyl groups excluding tert-OH is 1. The van der Waals surface area contributed by atoms with Gasteiger partial charge in [0.2, 0.25) is 5.91 Å². The van der Waals surface area contributed by atoms with Crippen molar-refractivity contribution in [2.75, 3.05) is 5.32 Å². The van der Waals surface area contributed by atoms with Crippen molar-refractivity contribution in [1.29, 1.82) is 0 Å². The highest BCUT2D eigenvalue weighted by atomic mass is 16.3. The van der Waals surface area contributed by atoms with E-state index < -0.39 is 0 Å². The van der Waals surface area contributed by atoms with Crippen LogP contribution in [0.3, 0.4) is 0 Å².